The molecular formula is C11H15N3O7. The average Bonchev–Trinajstić information content (AvgIpc) is 2.59. The Morgan fingerprint density at radius 1 is 1.29 bits per heavy atom. The maximum Gasteiger partial charge on any atom is 0.311 e. The molecular weight excluding hydrogens is 286 g/mol. The second kappa shape index (κ2) is 3.18. The molecule has 0 aromatic rings. The summed E-state index contributed by atoms with van der Waals surface area (Å²) < 4.78 is 16.4. The molecule has 1 saturated carbocycles. The maximum atomic E-state index is 10.7. The fourth-order valence-electron chi connectivity index (χ4n) is 4.65. The third kappa shape index (κ3) is 1.03. The second-order valence-electron chi connectivity index (χ2n) is 6.31. The smallest absolute Gasteiger partial charge is 0.311 e. The molecule has 9 atom stereocenters. The van der Waals surface area contributed by atoms with Crippen molar-refractivity contribution in [1.29, 1.82) is 0 Å². The van der Waals surface area contributed by atoms with Gasteiger partial charge in [-0.2, -0.15) is 0 Å². The van der Waals surface area contributed by atoms with Crippen LogP contribution in [0.25, 0.3) is 0 Å². The van der Waals surface area contributed by atoms with Crippen molar-refractivity contribution >= 4 is 5.96 Å². The van der Waals surface area contributed by atoms with Crippen molar-refractivity contribution in [1.82, 2.24) is 5.32 Å². The lowest BCUT2D eigenvalue weighted by molar-refractivity contribution is -0.529. The lowest BCUT2D eigenvalue weighted by Gasteiger charge is -2.68. The number of ether oxygens (including phenoxy) is 3. The summed E-state index contributed by atoms with van der Waals surface area (Å²) in [6, 6.07) is 0. The van der Waals surface area contributed by atoms with E-state index in [0.29, 0.717) is 0 Å². The Bertz CT molecular complexity index is 574. The first-order valence-corrected chi connectivity index (χ1v) is 6.73. The molecule has 10 heteroatoms. The Kier molecular flexibility index (Phi) is 1.89. The molecule has 0 radical (unpaired) electrons. The molecule has 10 nitrogen and oxygen atoms in total. The maximum absolute atomic E-state index is 10.7. The normalized spacial score (nSPS) is 66.2. The largest absolute Gasteiger partial charge is 0.393 e. The summed E-state index contributed by atoms with van der Waals surface area (Å²) in [5, 5.41) is 44.4. The number of nitrogens with zero attached hydrogens (tertiary/aromatic N) is 1. The van der Waals surface area contributed by atoms with E-state index in [-0.39, 0.29) is 5.96 Å². The minimum absolute atomic E-state index is 0.0795. The summed E-state index contributed by atoms with van der Waals surface area (Å²) in [6.07, 6.45) is -5.35. The summed E-state index contributed by atoms with van der Waals surface area (Å²) in [5.41, 5.74) is 2.70. The van der Waals surface area contributed by atoms with Crippen molar-refractivity contribution in [2.24, 2.45) is 16.6 Å². The molecule has 4 saturated heterocycles. The average molecular weight is 301 g/mol. The molecule has 7 bridgehead atoms. The quantitative estimate of drug-likeness (QED) is 0.281. The third-order valence-electron chi connectivity index (χ3n) is 5.44. The van der Waals surface area contributed by atoms with Crippen molar-refractivity contribution < 1.29 is 34.6 Å². The van der Waals surface area contributed by atoms with Gasteiger partial charge in [-0.25, -0.2) is 4.99 Å². The lowest BCUT2D eigenvalue weighted by atomic mass is 9.56. The van der Waals surface area contributed by atoms with E-state index >= 15 is 0 Å². The molecule has 5 fully saturated rings. The molecule has 5 heterocycles. The van der Waals surface area contributed by atoms with Crippen LogP contribution in [0.2, 0.25) is 0 Å². The topological polar surface area (TPSA) is 159 Å². The molecule has 6 rings (SSSR count). The van der Waals surface area contributed by atoms with Crippen molar-refractivity contribution in [2.75, 3.05) is 6.61 Å². The first-order valence-electron chi connectivity index (χ1n) is 6.73. The zero-order chi connectivity index (χ0) is 14.8. The number of hydrogen-bond donors (Lipinski definition) is 6. The highest BCUT2D eigenvalue weighted by atomic mass is 16.9. The van der Waals surface area contributed by atoms with E-state index in [4.69, 9.17) is 19.9 Å². The Morgan fingerprint density at radius 2 is 2.00 bits per heavy atom. The lowest BCUT2D eigenvalue weighted by Crippen LogP contribution is -2.92. The Balaban J connectivity index is 1.77. The van der Waals surface area contributed by atoms with Gasteiger partial charge in [-0.1, -0.05) is 0 Å². The molecule has 0 aromatic heterocycles. The van der Waals surface area contributed by atoms with Gasteiger partial charge in [-0.05, 0) is 0 Å². The monoisotopic (exact) mass is 301 g/mol. The standard InChI is InChI=1S/C11H15N3O7/c12-8-13-6-2-4-9(17,1-15)5-3(16)10(2,14-8)7(19-6)11(18,20-4)21-5/h2-7,15-18H,1H2,(H3,12,13,14)/t2?,3-,4?,5?,6?,7?,9-,10-,11?/m1/s1. The van der Waals surface area contributed by atoms with E-state index in [0.717, 1.165) is 0 Å². The third-order valence-corrected chi connectivity index (χ3v) is 5.44. The van der Waals surface area contributed by atoms with Crippen LogP contribution in [0.3, 0.4) is 0 Å². The fourth-order valence-corrected chi connectivity index (χ4v) is 4.65. The van der Waals surface area contributed by atoms with Gasteiger partial charge in [-0.15, -0.1) is 0 Å². The van der Waals surface area contributed by atoms with Gasteiger partial charge in [0.05, 0.1) is 12.5 Å². The van der Waals surface area contributed by atoms with E-state index in [1.54, 1.807) is 0 Å². The van der Waals surface area contributed by atoms with Crippen LogP contribution in [0.4, 0.5) is 0 Å². The minimum Gasteiger partial charge on any atom is -0.393 e. The van der Waals surface area contributed by atoms with Gasteiger partial charge in [0.2, 0.25) is 0 Å². The molecule has 1 spiro atoms. The summed E-state index contributed by atoms with van der Waals surface area (Å²) in [4.78, 5) is 4.09. The molecule has 6 unspecified atom stereocenters. The zero-order valence-electron chi connectivity index (χ0n) is 10.7. The summed E-state index contributed by atoms with van der Waals surface area (Å²) in [5.74, 6) is -2.66. The molecule has 6 aliphatic rings. The SMILES string of the molecule is NC1=NC2OC3C4(O)OC5C2[C@@]3(N1)[C@H](O)C(O4)[C@@]5(O)CO. The summed E-state index contributed by atoms with van der Waals surface area (Å²) >= 11 is 0. The fraction of sp³-hybridized carbons (Fsp3) is 0.909. The Hall–Kier alpha value is -1.01. The van der Waals surface area contributed by atoms with Crippen molar-refractivity contribution in [3.63, 3.8) is 0 Å². The number of aliphatic hydroxyl groups is 4. The molecule has 21 heavy (non-hydrogen) atoms. The van der Waals surface area contributed by atoms with Crippen LogP contribution < -0.4 is 11.1 Å². The highest BCUT2D eigenvalue weighted by Crippen LogP contribution is 2.63. The molecule has 0 aromatic carbocycles. The number of hydrogen-bond acceptors (Lipinski definition) is 10. The number of guanidine groups is 1. The van der Waals surface area contributed by atoms with E-state index in [2.05, 4.69) is 10.3 Å². The van der Waals surface area contributed by atoms with Crippen LogP contribution in [0.1, 0.15) is 0 Å². The first-order chi connectivity index (χ1) is 9.87. The van der Waals surface area contributed by atoms with Gasteiger partial charge >= 0.3 is 5.97 Å². The van der Waals surface area contributed by atoms with Gasteiger partial charge in [0.1, 0.15) is 29.5 Å². The number of aliphatic hydroxyl groups excluding tert-OH is 2. The van der Waals surface area contributed by atoms with E-state index in [1.807, 2.05) is 0 Å². The Morgan fingerprint density at radius 3 is 2.71 bits per heavy atom. The van der Waals surface area contributed by atoms with Gasteiger partial charge in [-0.3, -0.25) is 0 Å². The number of rotatable bonds is 1. The van der Waals surface area contributed by atoms with Crippen molar-refractivity contribution in [3.05, 3.63) is 0 Å². The van der Waals surface area contributed by atoms with Crippen LogP contribution >= 0.6 is 0 Å². The number of nitrogens with two attached hydrogens (primary N) is 1. The highest BCUT2D eigenvalue weighted by Gasteiger charge is 2.86. The molecule has 7 N–H and O–H groups in total. The van der Waals surface area contributed by atoms with Crippen LogP contribution in [0.15, 0.2) is 4.99 Å². The number of nitrogens with one attached hydrogen (secondary N) is 1. The molecule has 0 amide bonds. The highest BCUT2D eigenvalue weighted by molar-refractivity contribution is 5.80. The Labute approximate surface area is 118 Å². The van der Waals surface area contributed by atoms with Gasteiger partial charge in [0.15, 0.2) is 18.3 Å². The van der Waals surface area contributed by atoms with Crippen LogP contribution in [-0.2, 0) is 14.2 Å². The summed E-state index contributed by atoms with van der Waals surface area (Å²) in [6.45, 7) is -0.696. The van der Waals surface area contributed by atoms with Crippen molar-refractivity contribution in [3.8, 4) is 0 Å². The minimum atomic E-state index is -2.13. The molecule has 1 aliphatic carbocycles. The predicted octanol–water partition coefficient (Wildman–Crippen LogP) is -4.47. The van der Waals surface area contributed by atoms with Crippen LogP contribution in [0, 0.1) is 5.92 Å². The van der Waals surface area contributed by atoms with Crippen molar-refractivity contribution in [2.45, 2.75) is 47.8 Å². The molecule has 5 aliphatic heterocycles. The van der Waals surface area contributed by atoms with Crippen LogP contribution in [-0.4, -0.2) is 80.7 Å². The van der Waals surface area contributed by atoms with E-state index < -0.39 is 60.3 Å². The van der Waals surface area contributed by atoms with Gasteiger partial charge < -0.3 is 45.7 Å². The zero-order valence-corrected chi connectivity index (χ0v) is 10.7. The van der Waals surface area contributed by atoms with Crippen LogP contribution in [0.5, 0.6) is 0 Å². The number of aliphatic imine (C=N–C) groups is 1. The molecule has 116 valence electrons. The van der Waals surface area contributed by atoms with Gasteiger partial charge in [0, 0.05) is 0 Å². The first kappa shape index (κ1) is 12.5. The van der Waals surface area contributed by atoms with E-state index in [9.17, 15) is 20.4 Å². The van der Waals surface area contributed by atoms with E-state index in [1.165, 1.54) is 0 Å². The summed E-state index contributed by atoms with van der Waals surface area (Å²) in [7, 11) is 0. The second-order valence-corrected chi connectivity index (χ2v) is 6.31. The van der Waals surface area contributed by atoms with Gasteiger partial charge in [0.25, 0.3) is 0 Å². The predicted molar refractivity (Wildman–Crippen MR) is 62.4 cm³/mol.